The molecule has 13 heteroatoms. The Hall–Kier alpha value is -4.17. The van der Waals surface area contributed by atoms with E-state index >= 15 is 0 Å². The Morgan fingerprint density at radius 1 is 0.878 bits per heavy atom. The number of hydrogen-bond donors (Lipinski definition) is 6. The van der Waals surface area contributed by atoms with Crippen molar-refractivity contribution in [3.8, 4) is 0 Å². The van der Waals surface area contributed by atoms with E-state index in [4.69, 9.17) is 21.4 Å². The summed E-state index contributed by atoms with van der Waals surface area (Å²) < 4.78 is 28.1. The second kappa shape index (κ2) is 16.8. The molecule has 220 valence electrons. The summed E-state index contributed by atoms with van der Waals surface area (Å²) in [5.74, 6) is -2.11. The maximum Gasteiger partial charge on any atom is 0.300 e. The van der Waals surface area contributed by atoms with E-state index in [9.17, 15) is 18.0 Å². The average Bonchev–Trinajstić information content (AvgIpc) is 2.93. The standard InChI is InChI=1S/C26H32N6O4S.C2H4O2/c27-25(28)22-9-6-20(7-10-22)16-30-24(33)17-31-26(34)23(11-8-19-4-2-1-3-5-19)32-37(35,36)18-21-12-14-29-15-13-21;1-2(3)4/h1-7,9-10,12-15,23,25,32H,8,11,16-18,27-28H2,(H,30,33)(H,31,34);1H3,(H,3,4)/t23-;/m1./s1. The SMILES string of the molecule is CC(=O)O.NC(N)c1ccc(CNC(=O)CNC(=O)[C@@H](CCc2ccccc2)NS(=O)(=O)Cc2ccncc2)cc1. The number of rotatable bonds is 13. The largest absolute Gasteiger partial charge is 0.481 e. The van der Waals surface area contributed by atoms with Gasteiger partial charge in [0, 0.05) is 25.9 Å². The molecule has 0 saturated carbocycles. The lowest BCUT2D eigenvalue weighted by atomic mass is 10.1. The van der Waals surface area contributed by atoms with Crippen molar-refractivity contribution in [2.24, 2.45) is 11.5 Å². The molecule has 0 aliphatic carbocycles. The summed E-state index contributed by atoms with van der Waals surface area (Å²) >= 11 is 0. The number of hydrogen-bond acceptors (Lipinski definition) is 8. The predicted octanol–water partition coefficient (Wildman–Crippen LogP) is 0.942. The molecule has 0 aliphatic heterocycles. The van der Waals surface area contributed by atoms with E-state index in [1.54, 1.807) is 36.4 Å². The van der Waals surface area contributed by atoms with Crippen LogP contribution in [0, 0.1) is 0 Å². The number of aromatic nitrogens is 1. The van der Waals surface area contributed by atoms with Crippen molar-refractivity contribution in [2.75, 3.05) is 6.54 Å². The van der Waals surface area contributed by atoms with Gasteiger partial charge in [-0.05, 0) is 47.2 Å². The maximum atomic E-state index is 12.9. The van der Waals surface area contributed by atoms with Crippen molar-refractivity contribution in [1.82, 2.24) is 20.3 Å². The molecule has 0 spiro atoms. The van der Waals surface area contributed by atoms with Gasteiger partial charge in [-0.25, -0.2) is 13.1 Å². The van der Waals surface area contributed by atoms with Crippen LogP contribution in [0.1, 0.15) is 41.8 Å². The molecule has 3 rings (SSSR count). The molecule has 1 atom stereocenters. The molecular formula is C28H36N6O6S. The summed E-state index contributed by atoms with van der Waals surface area (Å²) in [6.07, 6.45) is 3.14. The van der Waals surface area contributed by atoms with Crippen molar-refractivity contribution in [2.45, 2.75) is 44.3 Å². The molecule has 0 bridgehead atoms. The quantitative estimate of drug-likeness (QED) is 0.158. The third-order valence-electron chi connectivity index (χ3n) is 5.59. The number of nitrogens with one attached hydrogen (secondary N) is 3. The average molecular weight is 585 g/mol. The zero-order chi connectivity index (χ0) is 30.3. The molecule has 12 nitrogen and oxygen atoms in total. The number of carboxylic acids is 1. The van der Waals surface area contributed by atoms with Crippen LogP contribution in [0.5, 0.6) is 0 Å². The molecule has 0 unspecified atom stereocenters. The Bertz CT molecular complexity index is 1350. The zero-order valence-corrected chi connectivity index (χ0v) is 23.5. The lowest BCUT2D eigenvalue weighted by Gasteiger charge is -2.19. The van der Waals surface area contributed by atoms with Gasteiger partial charge in [-0.15, -0.1) is 0 Å². The molecule has 2 aromatic carbocycles. The molecular weight excluding hydrogens is 548 g/mol. The van der Waals surface area contributed by atoms with Gasteiger partial charge in [0.25, 0.3) is 5.97 Å². The van der Waals surface area contributed by atoms with Gasteiger partial charge in [0.1, 0.15) is 6.04 Å². The van der Waals surface area contributed by atoms with E-state index in [0.717, 1.165) is 23.6 Å². The minimum atomic E-state index is -3.83. The number of pyridine rings is 1. The fraction of sp³-hybridized carbons (Fsp3) is 0.286. The number of carbonyl (C=O) groups excluding carboxylic acids is 2. The molecule has 41 heavy (non-hydrogen) atoms. The molecule has 8 N–H and O–H groups in total. The summed E-state index contributed by atoms with van der Waals surface area (Å²) in [4.78, 5) is 38.1. The van der Waals surface area contributed by atoms with Crippen LogP contribution in [0.4, 0.5) is 0 Å². The normalized spacial score (nSPS) is 11.6. The smallest absolute Gasteiger partial charge is 0.300 e. The lowest BCUT2D eigenvalue weighted by molar-refractivity contribution is -0.134. The highest BCUT2D eigenvalue weighted by atomic mass is 32.2. The van der Waals surface area contributed by atoms with E-state index in [0.29, 0.717) is 12.0 Å². The predicted molar refractivity (Wildman–Crippen MR) is 154 cm³/mol. The first-order valence-corrected chi connectivity index (χ1v) is 14.4. The summed E-state index contributed by atoms with van der Waals surface area (Å²) in [6.45, 7) is 1.04. The van der Waals surface area contributed by atoms with Crippen LogP contribution in [0.25, 0.3) is 0 Å². The van der Waals surface area contributed by atoms with Gasteiger partial charge < -0.3 is 27.2 Å². The third kappa shape index (κ3) is 13.6. The number of amides is 2. The van der Waals surface area contributed by atoms with Gasteiger partial charge in [-0.1, -0.05) is 54.6 Å². The van der Waals surface area contributed by atoms with Crippen LogP contribution in [-0.2, 0) is 43.1 Å². The molecule has 0 saturated heterocycles. The van der Waals surface area contributed by atoms with E-state index < -0.39 is 40.0 Å². The van der Waals surface area contributed by atoms with Crippen molar-refractivity contribution < 1.29 is 27.9 Å². The van der Waals surface area contributed by atoms with Crippen molar-refractivity contribution in [1.29, 1.82) is 0 Å². The van der Waals surface area contributed by atoms with E-state index in [1.165, 1.54) is 12.4 Å². The minimum Gasteiger partial charge on any atom is -0.481 e. The van der Waals surface area contributed by atoms with Crippen molar-refractivity contribution in [3.63, 3.8) is 0 Å². The van der Waals surface area contributed by atoms with E-state index in [1.807, 2.05) is 30.3 Å². The number of sulfonamides is 1. The highest BCUT2D eigenvalue weighted by Gasteiger charge is 2.25. The second-order valence-electron chi connectivity index (χ2n) is 9.09. The summed E-state index contributed by atoms with van der Waals surface area (Å²) in [5.41, 5.74) is 14.4. The van der Waals surface area contributed by atoms with Crippen molar-refractivity contribution in [3.05, 3.63) is 101 Å². The van der Waals surface area contributed by atoms with Crippen LogP contribution in [0.2, 0.25) is 0 Å². The van der Waals surface area contributed by atoms with Crippen LogP contribution in [-0.4, -0.2) is 48.9 Å². The van der Waals surface area contributed by atoms with E-state index in [-0.39, 0.29) is 25.3 Å². The first-order valence-electron chi connectivity index (χ1n) is 12.7. The first kappa shape index (κ1) is 33.0. The number of benzene rings is 2. The maximum absolute atomic E-state index is 12.9. The zero-order valence-electron chi connectivity index (χ0n) is 22.7. The van der Waals surface area contributed by atoms with Gasteiger partial charge in [0.15, 0.2) is 0 Å². The van der Waals surface area contributed by atoms with Gasteiger partial charge in [0.2, 0.25) is 21.8 Å². The highest BCUT2D eigenvalue weighted by Crippen LogP contribution is 2.10. The van der Waals surface area contributed by atoms with E-state index in [2.05, 4.69) is 20.3 Å². The van der Waals surface area contributed by atoms with Gasteiger partial charge in [0.05, 0.1) is 18.5 Å². The van der Waals surface area contributed by atoms with Crippen molar-refractivity contribution >= 4 is 27.8 Å². The van der Waals surface area contributed by atoms with Gasteiger partial charge >= 0.3 is 0 Å². The number of nitrogens with two attached hydrogens (primary N) is 2. The Morgan fingerprint density at radius 3 is 2.07 bits per heavy atom. The van der Waals surface area contributed by atoms with Gasteiger partial charge in [-0.2, -0.15) is 0 Å². The first-order chi connectivity index (χ1) is 19.4. The van der Waals surface area contributed by atoms with Gasteiger partial charge in [-0.3, -0.25) is 19.4 Å². The summed E-state index contributed by atoms with van der Waals surface area (Å²) in [7, 11) is -3.83. The molecule has 2 amide bonds. The topological polar surface area (TPSA) is 207 Å². The van der Waals surface area contributed by atoms with Crippen LogP contribution in [0.15, 0.2) is 79.1 Å². The molecule has 0 aliphatic rings. The Morgan fingerprint density at radius 2 is 1.49 bits per heavy atom. The molecule has 0 fully saturated rings. The monoisotopic (exact) mass is 584 g/mol. The number of aryl methyl sites for hydroxylation is 1. The molecule has 1 heterocycles. The van der Waals surface area contributed by atoms with Crippen LogP contribution < -0.4 is 26.8 Å². The highest BCUT2D eigenvalue weighted by molar-refractivity contribution is 7.88. The Kier molecular flexibility index (Phi) is 13.6. The number of carbonyl (C=O) groups is 3. The fourth-order valence-corrected chi connectivity index (χ4v) is 4.94. The molecule has 3 aromatic rings. The molecule has 1 aromatic heterocycles. The Labute approximate surface area is 239 Å². The molecule has 0 radical (unpaired) electrons. The second-order valence-corrected chi connectivity index (χ2v) is 10.8. The van der Waals surface area contributed by atoms with Crippen LogP contribution in [0.3, 0.4) is 0 Å². The number of aliphatic carboxylic acids is 1. The fourth-order valence-electron chi connectivity index (χ4n) is 3.57. The Balaban J connectivity index is 0.00000138. The summed E-state index contributed by atoms with van der Waals surface area (Å²) in [5, 5.41) is 12.7. The van der Waals surface area contributed by atoms with Crippen LogP contribution >= 0.6 is 0 Å². The number of carboxylic acid groups (broad SMARTS) is 1. The summed E-state index contributed by atoms with van der Waals surface area (Å²) in [6, 6.07) is 18.8. The lowest BCUT2D eigenvalue weighted by Crippen LogP contribution is -2.49. The minimum absolute atomic E-state index is 0.225. The number of nitrogens with zero attached hydrogens (tertiary/aromatic N) is 1. The third-order valence-corrected chi connectivity index (χ3v) is 6.94.